The van der Waals surface area contributed by atoms with E-state index in [1.54, 1.807) is 6.07 Å². The van der Waals surface area contributed by atoms with Crippen molar-refractivity contribution in [2.45, 2.75) is 39.2 Å². The maximum atomic E-state index is 10.2. The lowest BCUT2D eigenvalue weighted by Crippen LogP contribution is -2.25. The Labute approximate surface area is 216 Å². The molecule has 0 aliphatic heterocycles. The van der Waals surface area contributed by atoms with Crippen molar-refractivity contribution in [1.29, 1.82) is 0 Å². The fourth-order valence-corrected chi connectivity index (χ4v) is 4.19. The molecule has 2 aromatic carbocycles. The van der Waals surface area contributed by atoms with Gasteiger partial charge in [-0.3, -0.25) is 4.90 Å². The average Bonchev–Trinajstić information content (AvgIpc) is 2.88. The standard InChI is InChI=1S/C29H41N5O2/c1-6-34(22-23-13-9-10-14-27(23)33(4)5)19-11-7-8-12-20-36-29-18-16-26(30-31-29)25-21-24(32(2)3)15-17-28(25)35/h9-10,13-18,21,35H,6-8,11-12,19-20,22H2,1-5H3. The van der Waals surface area contributed by atoms with Crippen LogP contribution in [0.4, 0.5) is 11.4 Å². The first kappa shape index (κ1) is 27.3. The molecule has 0 bridgehead atoms. The van der Waals surface area contributed by atoms with E-state index in [1.807, 2.05) is 43.3 Å². The van der Waals surface area contributed by atoms with E-state index >= 15 is 0 Å². The number of rotatable bonds is 14. The number of nitrogens with zero attached hydrogens (tertiary/aromatic N) is 5. The third-order valence-electron chi connectivity index (χ3n) is 6.35. The molecular weight excluding hydrogens is 450 g/mol. The lowest BCUT2D eigenvalue weighted by molar-refractivity contribution is 0.265. The molecule has 1 N–H and O–H groups in total. The molecular formula is C29H41N5O2. The Morgan fingerprint density at radius 3 is 2.31 bits per heavy atom. The Bertz CT molecular complexity index is 1070. The summed E-state index contributed by atoms with van der Waals surface area (Å²) in [5.41, 5.74) is 4.95. The first-order chi connectivity index (χ1) is 17.4. The zero-order valence-corrected chi connectivity index (χ0v) is 22.4. The number of unbranched alkanes of at least 4 members (excludes halogenated alkanes) is 3. The second-order valence-corrected chi connectivity index (χ2v) is 9.51. The molecule has 0 saturated heterocycles. The highest BCUT2D eigenvalue weighted by atomic mass is 16.5. The van der Waals surface area contributed by atoms with E-state index in [0.717, 1.165) is 38.2 Å². The number of benzene rings is 2. The zero-order valence-electron chi connectivity index (χ0n) is 22.4. The van der Waals surface area contributed by atoms with Gasteiger partial charge in [-0.2, -0.15) is 0 Å². The van der Waals surface area contributed by atoms with E-state index in [4.69, 9.17) is 4.74 Å². The monoisotopic (exact) mass is 491 g/mol. The van der Waals surface area contributed by atoms with Gasteiger partial charge in [0.15, 0.2) is 0 Å². The fourth-order valence-electron chi connectivity index (χ4n) is 4.19. The third-order valence-corrected chi connectivity index (χ3v) is 6.35. The van der Waals surface area contributed by atoms with Crippen LogP contribution in [-0.4, -0.2) is 68.1 Å². The van der Waals surface area contributed by atoms with E-state index in [2.05, 4.69) is 65.3 Å². The number of phenolic OH excluding ortho intramolecular Hbond substituents is 1. The van der Waals surface area contributed by atoms with Gasteiger partial charge in [0.05, 0.1) is 12.3 Å². The average molecular weight is 492 g/mol. The zero-order chi connectivity index (χ0) is 25.9. The molecule has 7 nitrogen and oxygen atoms in total. The van der Waals surface area contributed by atoms with Crippen LogP contribution < -0.4 is 14.5 Å². The number of anilines is 2. The third kappa shape index (κ3) is 7.85. The molecule has 0 saturated carbocycles. The predicted molar refractivity (Wildman–Crippen MR) is 149 cm³/mol. The lowest BCUT2D eigenvalue weighted by atomic mass is 10.1. The molecule has 1 heterocycles. The molecule has 0 fully saturated rings. The Hall–Kier alpha value is -3.32. The van der Waals surface area contributed by atoms with Crippen molar-refractivity contribution in [2.24, 2.45) is 0 Å². The Morgan fingerprint density at radius 1 is 0.833 bits per heavy atom. The van der Waals surface area contributed by atoms with Crippen LogP contribution in [-0.2, 0) is 6.54 Å². The second kappa shape index (κ2) is 13.7. The lowest BCUT2D eigenvalue weighted by Gasteiger charge is -2.24. The van der Waals surface area contributed by atoms with Crippen LogP contribution in [0.25, 0.3) is 11.3 Å². The van der Waals surface area contributed by atoms with Gasteiger partial charge >= 0.3 is 0 Å². The summed E-state index contributed by atoms with van der Waals surface area (Å²) in [6.45, 7) is 6.01. The van der Waals surface area contributed by atoms with Gasteiger partial charge in [-0.15, -0.1) is 10.2 Å². The van der Waals surface area contributed by atoms with Gasteiger partial charge in [0, 0.05) is 57.7 Å². The van der Waals surface area contributed by atoms with E-state index in [1.165, 1.54) is 24.1 Å². The van der Waals surface area contributed by atoms with Crippen molar-refractivity contribution >= 4 is 11.4 Å². The van der Waals surface area contributed by atoms with E-state index in [9.17, 15) is 5.11 Å². The number of ether oxygens (including phenoxy) is 1. The van der Waals surface area contributed by atoms with Crippen molar-refractivity contribution < 1.29 is 9.84 Å². The first-order valence-corrected chi connectivity index (χ1v) is 12.8. The van der Waals surface area contributed by atoms with Crippen molar-refractivity contribution in [3.63, 3.8) is 0 Å². The molecule has 0 amide bonds. The van der Waals surface area contributed by atoms with E-state index < -0.39 is 0 Å². The van der Waals surface area contributed by atoms with Gasteiger partial charge in [-0.1, -0.05) is 38.0 Å². The molecule has 0 radical (unpaired) electrons. The largest absolute Gasteiger partial charge is 0.507 e. The topological polar surface area (TPSA) is 65.0 Å². The summed E-state index contributed by atoms with van der Waals surface area (Å²) in [5, 5.41) is 18.7. The van der Waals surface area contributed by atoms with Crippen LogP contribution in [0.5, 0.6) is 11.6 Å². The summed E-state index contributed by atoms with van der Waals surface area (Å²) in [5.74, 6) is 0.700. The van der Waals surface area contributed by atoms with Crippen molar-refractivity contribution in [1.82, 2.24) is 15.1 Å². The van der Waals surface area contributed by atoms with Crippen LogP contribution in [0.15, 0.2) is 54.6 Å². The first-order valence-electron chi connectivity index (χ1n) is 12.8. The van der Waals surface area contributed by atoms with Gasteiger partial charge in [-0.05, 0) is 61.8 Å². The maximum absolute atomic E-state index is 10.2. The SMILES string of the molecule is CCN(CCCCCCOc1ccc(-c2cc(N(C)C)ccc2O)nn1)Cc1ccccc1N(C)C. The number of aromatic hydroxyl groups is 1. The molecule has 0 unspecified atom stereocenters. The summed E-state index contributed by atoms with van der Waals surface area (Å²) in [4.78, 5) is 6.69. The molecule has 0 spiro atoms. The summed E-state index contributed by atoms with van der Waals surface area (Å²) < 4.78 is 5.79. The van der Waals surface area contributed by atoms with Crippen molar-refractivity contribution in [3.05, 3.63) is 60.2 Å². The number of hydrogen-bond donors (Lipinski definition) is 1. The van der Waals surface area contributed by atoms with E-state index in [0.29, 0.717) is 23.7 Å². The number of phenols is 1. The highest BCUT2D eigenvalue weighted by molar-refractivity contribution is 5.71. The minimum Gasteiger partial charge on any atom is -0.507 e. The Morgan fingerprint density at radius 2 is 1.61 bits per heavy atom. The van der Waals surface area contributed by atoms with Crippen LogP contribution in [0.2, 0.25) is 0 Å². The van der Waals surface area contributed by atoms with E-state index in [-0.39, 0.29) is 5.75 Å². The van der Waals surface area contributed by atoms with Gasteiger partial charge in [0.25, 0.3) is 0 Å². The van der Waals surface area contributed by atoms with Gasteiger partial charge in [0.2, 0.25) is 5.88 Å². The molecule has 0 aliphatic carbocycles. The quantitative estimate of drug-likeness (QED) is 0.301. The molecule has 36 heavy (non-hydrogen) atoms. The number of para-hydroxylation sites is 1. The number of hydrogen-bond acceptors (Lipinski definition) is 7. The molecule has 3 aromatic rings. The minimum atomic E-state index is 0.187. The highest BCUT2D eigenvalue weighted by Crippen LogP contribution is 2.31. The molecule has 3 rings (SSSR count). The summed E-state index contributed by atoms with van der Waals surface area (Å²) in [6.07, 6.45) is 4.48. The Balaban J connectivity index is 1.37. The summed E-state index contributed by atoms with van der Waals surface area (Å²) >= 11 is 0. The summed E-state index contributed by atoms with van der Waals surface area (Å²) in [6, 6.07) is 17.8. The van der Waals surface area contributed by atoms with Gasteiger partial charge in [0.1, 0.15) is 5.75 Å². The Kier molecular flexibility index (Phi) is 10.4. The molecule has 7 heteroatoms. The second-order valence-electron chi connectivity index (χ2n) is 9.51. The van der Waals surface area contributed by atoms with Gasteiger partial charge in [-0.25, -0.2) is 0 Å². The molecule has 1 aromatic heterocycles. The molecule has 194 valence electrons. The van der Waals surface area contributed by atoms with Crippen LogP contribution in [0, 0.1) is 0 Å². The van der Waals surface area contributed by atoms with Crippen LogP contribution in [0.3, 0.4) is 0 Å². The van der Waals surface area contributed by atoms with Crippen LogP contribution in [0.1, 0.15) is 38.2 Å². The predicted octanol–water partition coefficient (Wildman–Crippen LogP) is 5.44. The normalized spacial score (nSPS) is 11.1. The fraction of sp³-hybridized carbons (Fsp3) is 0.448. The summed E-state index contributed by atoms with van der Waals surface area (Å²) in [7, 11) is 8.13. The maximum Gasteiger partial charge on any atom is 0.233 e. The molecule has 0 aliphatic rings. The highest BCUT2D eigenvalue weighted by Gasteiger charge is 2.10. The van der Waals surface area contributed by atoms with Crippen LogP contribution >= 0.6 is 0 Å². The minimum absolute atomic E-state index is 0.187. The van der Waals surface area contributed by atoms with Crippen molar-refractivity contribution in [2.75, 3.05) is 57.7 Å². The van der Waals surface area contributed by atoms with Gasteiger partial charge < -0.3 is 19.6 Å². The van der Waals surface area contributed by atoms with Crippen molar-refractivity contribution in [3.8, 4) is 22.9 Å². The smallest absolute Gasteiger partial charge is 0.233 e. The molecule has 0 atom stereocenters. The number of aromatic nitrogens is 2.